The lowest BCUT2D eigenvalue weighted by Gasteiger charge is -1.98. The van der Waals surface area contributed by atoms with Crippen LogP contribution in [-0.4, -0.2) is 9.19 Å². The molecule has 0 saturated carbocycles. The van der Waals surface area contributed by atoms with Crippen molar-refractivity contribution in [1.82, 2.24) is 4.98 Å². The lowest BCUT2D eigenvalue weighted by molar-refractivity contribution is 0.472. The van der Waals surface area contributed by atoms with Crippen LogP contribution in [0.5, 0.6) is 0 Å². The summed E-state index contributed by atoms with van der Waals surface area (Å²) in [6.07, 6.45) is 0. The number of hydrogen-bond donors (Lipinski definition) is 0. The Morgan fingerprint density at radius 1 is 1.14 bits per heavy atom. The van der Waals surface area contributed by atoms with Gasteiger partial charge in [0, 0.05) is 17.2 Å². The first-order valence-electron chi connectivity index (χ1n) is 5.91. The van der Waals surface area contributed by atoms with Crippen LogP contribution < -0.4 is 0 Å². The summed E-state index contributed by atoms with van der Waals surface area (Å²) in [7, 11) is -1.55. The summed E-state index contributed by atoms with van der Waals surface area (Å²) >= 11 is 5.77. The Morgan fingerprint density at radius 3 is 2.52 bits per heavy atom. The van der Waals surface area contributed by atoms with Gasteiger partial charge in [-0.2, -0.15) is 0 Å². The molecule has 0 aliphatic heterocycles. The molecule has 0 radical (unpaired) electrons. The molecule has 108 valence electrons. The third-order valence-corrected chi connectivity index (χ3v) is 4.23. The van der Waals surface area contributed by atoms with Crippen LogP contribution in [-0.2, 0) is 16.6 Å². The van der Waals surface area contributed by atoms with Gasteiger partial charge in [-0.3, -0.25) is 0 Å². The molecule has 3 nitrogen and oxygen atoms in total. The van der Waals surface area contributed by atoms with Crippen LogP contribution >= 0.6 is 11.6 Å². The van der Waals surface area contributed by atoms with Crippen LogP contribution in [0.2, 0.25) is 5.02 Å². The minimum Gasteiger partial charge on any atom is -0.430 e. The van der Waals surface area contributed by atoms with E-state index in [1.807, 2.05) is 0 Å². The first-order valence-corrected chi connectivity index (χ1v) is 7.61. The average Bonchev–Trinajstić information content (AvgIpc) is 2.85. The Balaban J connectivity index is 1.89. The van der Waals surface area contributed by atoms with Gasteiger partial charge in [-0.25, -0.2) is 18.0 Å². The maximum Gasteiger partial charge on any atom is 0.288 e. The van der Waals surface area contributed by atoms with Crippen molar-refractivity contribution in [1.29, 1.82) is 0 Å². The molecule has 0 amide bonds. The van der Waals surface area contributed by atoms with E-state index in [2.05, 4.69) is 4.98 Å². The predicted molar refractivity (Wildman–Crippen MR) is 75.5 cm³/mol. The van der Waals surface area contributed by atoms with E-state index in [9.17, 15) is 13.0 Å². The van der Waals surface area contributed by atoms with Gasteiger partial charge in [0.05, 0.1) is 5.75 Å². The second kappa shape index (κ2) is 5.54. The van der Waals surface area contributed by atoms with Gasteiger partial charge >= 0.3 is 0 Å². The van der Waals surface area contributed by atoms with Crippen molar-refractivity contribution in [2.24, 2.45) is 0 Å². The van der Waals surface area contributed by atoms with Crippen molar-refractivity contribution in [3.8, 4) is 0 Å². The van der Waals surface area contributed by atoms with Gasteiger partial charge in [0.1, 0.15) is 16.3 Å². The highest BCUT2D eigenvalue weighted by molar-refractivity contribution is 7.84. The summed E-state index contributed by atoms with van der Waals surface area (Å²) in [6.45, 7) is 0. The minimum absolute atomic E-state index is 0.0633. The highest BCUT2D eigenvalue weighted by Gasteiger charge is 2.16. The Bertz CT molecular complexity index is 794. The molecule has 0 aliphatic carbocycles. The fourth-order valence-electron chi connectivity index (χ4n) is 1.79. The molecule has 1 heterocycles. The van der Waals surface area contributed by atoms with Gasteiger partial charge in [-0.1, -0.05) is 23.7 Å². The molecular weight excluding hydrogens is 320 g/mol. The number of hydrogen-bond acceptors (Lipinski definition) is 3. The minimum atomic E-state index is -1.55. The number of nitrogens with zero attached hydrogens (tertiary/aromatic N) is 1. The zero-order chi connectivity index (χ0) is 15.0. The molecule has 1 unspecified atom stereocenters. The summed E-state index contributed by atoms with van der Waals surface area (Å²) < 4.78 is 43.6. The number of oxazole rings is 1. The maximum atomic E-state index is 13.1. The highest BCUT2D eigenvalue weighted by Crippen LogP contribution is 2.22. The molecule has 7 heteroatoms. The average molecular weight is 328 g/mol. The van der Waals surface area contributed by atoms with Crippen LogP contribution in [0.4, 0.5) is 8.78 Å². The molecule has 0 N–H and O–H groups in total. The standard InChI is InChI=1S/C14H8ClF2NO2S/c15-9-3-1-8(2-4-9)7-21(19)14-18-12-5-10(16)11(17)6-13(12)20-14/h1-6H,7H2. The number of fused-ring (bicyclic) bond motifs is 1. The second-order valence-corrected chi connectivity index (χ2v) is 6.10. The normalized spacial score (nSPS) is 12.7. The van der Waals surface area contributed by atoms with Gasteiger partial charge in [0.15, 0.2) is 17.2 Å². The number of aromatic nitrogens is 1. The Morgan fingerprint density at radius 2 is 1.81 bits per heavy atom. The van der Waals surface area contributed by atoms with Crippen molar-refractivity contribution in [2.75, 3.05) is 0 Å². The van der Waals surface area contributed by atoms with E-state index < -0.39 is 22.4 Å². The quantitative estimate of drug-likeness (QED) is 0.728. The predicted octanol–water partition coefficient (Wildman–Crippen LogP) is 4.07. The SMILES string of the molecule is O=S(Cc1ccc(Cl)cc1)c1nc2cc(F)c(F)cc2o1. The molecule has 0 saturated heterocycles. The van der Waals surface area contributed by atoms with E-state index in [1.165, 1.54) is 0 Å². The molecule has 3 aromatic rings. The van der Waals surface area contributed by atoms with Crippen LogP contribution in [0, 0.1) is 11.6 Å². The van der Waals surface area contributed by atoms with Crippen LogP contribution in [0.15, 0.2) is 46.0 Å². The lowest BCUT2D eigenvalue weighted by Crippen LogP contribution is -1.96. The van der Waals surface area contributed by atoms with Gasteiger partial charge in [0.25, 0.3) is 5.22 Å². The first-order chi connectivity index (χ1) is 10.0. The Kier molecular flexibility index (Phi) is 3.73. The summed E-state index contributed by atoms with van der Waals surface area (Å²) in [5.74, 6) is -1.88. The molecule has 0 aliphatic rings. The van der Waals surface area contributed by atoms with Crippen LogP contribution in [0.25, 0.3) is 11.1 Å². The molecule has 21 heavy (non-hydrogen) atoms. The number of halogens is 3. The van der Waals surface area contributed by atoms with E-state index in [4.69, 9.17) is 16.0 Å². The summed E-state index contributed by atoms with van der Waals surface area (Å²) in [4.78, 5) is 3.93. The van der Waals surface area contributed by atoms with Gasteiger partial charge in [0.2, 0.25) is 0 Å². The molecule has 1 atom stereocenters. The van der Waals surface area contributed by atoms with Crippen molar-refractivity contribution in [2.45, 2.75) is 11.0 Å². The lowest BCUT2D eigenvalue weighted by atomic mass is 10.2. The molecular formula is C14H8ClF2NO2S. The monoisotopic (exact) mass is 327 g/mol. The van der Waals surface area contributed by atoms with Gasteiger partial charge in [-0.05, 0) is 17.7 Å². The number of rotatable bonds is 3. The van der Waals surface area contributed by atoms with Crippen molar-refractivity contribution < 1.29 is 17.4 Å². The van der Waals surface area contributed by atoms with Gasteiger partial charge < -0.3 is 4.42 Å². The summed E-state index contributed by atoms with van der Waals surface area (Å²) in [5.41, 5.74) is 0.985. The molecule has 2 aromatic carbocycles. The fourth-order valence-corrected chi connectivity index (χ4v) is 2.92. The zero-order valence-corrected chi connectivity index (χ0v) is 12.0. The van der Waals surface area contributed by atoms with Crippen LogP contribution in [0.1, 0.15) is 5.56 Å². The van der Waals surface area contributed by atoms with Crippen molar-refractivity contribution in [3.63, 3.8) is 0 Å². The maximum absolute atomic E-state index is 13.1. The smallest absolute Gasteiger partial charge is 0.288 e. The van der Waals surface area contributed by atoms with Crippen LogP contribution in [0.3, 0.4) is 0 Å². The highest BCUT2D eigenvalue weighted by atomic mass is 35.5. The van der Waals surface area contributed by atoms with E-state index in [0.717, 1.165) is 17.7 Å². The largest absolute Gasteiger partial charge is 0.430 e. The van der Waals surface area contributed by atoms with E-state index in [-0.39, 0.29) is 22.1 Å². The fraction of sp³-hybridized carbons (Fsp3) is 0.0714. The first kappa shape index (κ1) is 14.2. The molecule has 0 fully saturated rings. The third-order valence-electron chi connectivity index (χ3n) is 2.82. The van der Waals surface area contributed by atoms with E-state index >= 15 is 0 Å². The third kappa shape index (κ3) is 2.96. The molecule has 3 rings (SSSR count). The van der Waals surface area contributed by atoms with Gasteiger partial charge in [-0.15, -0.1) is 0 Å². The summed E-state index contributed by atoms with van der Waals surface area (Å²) in [6, 6.07) is 8.65. The van der Waals surface area contributed by atoms with E-state index in [0.29, 0.717) is 5.02 Å². The number of benzene rings is 2. The van der Waals surface area contributed by atoms with Crippen molar-refractivity contribution >= 4 is 33.5 Å². The summed E-state index contributed by atoms with van der Waals surface area (Å²) in [5, 5.41) is 0.516. The zero-order valence-electron chi connectivity index (χ0n) is 10.5. The van der Waals surface area contributed by atoms with Crippen molar-refractivity contribution in [3.05, 3.63) is 58.6 Å². The second-order valence-electron chi connectivity index (χ2n) is 4.33. The topological polar surface area (TPSA) is 43.1 Å². The molecule has 0 bridgehead atoms. The molecule has 1 aromatic heterocycles. The molecule has 0 spiro atoms. The van der Waals surface area contributed by atoms with E-state index in [1.54, 1.807) is 24.3 Å². The Hall–Kier alpha value is -1.79. The Labute approximate surface area is 126 Å².